The molecule has 0 atom stereocenters. The third kappa shape index (κ3) is 7.48. The largest absolute Gasteiger partial charge is 0.496 e. The van der Waals surface area contributed by atoms with Crippen molar-refractivity contribution in [3.05, 3.63) is 101 Å². The SMILES string of the molecule is COC(=O)c1ccc(COc2ccccc2/C=C/C(=O)c2ccc(OC)c(CSCC(=O)O)c2)cc1. The van der Waals surface area contributed by atoms with Crippen molar-refractivity contribution < 1.29 is 33.7 Å². The van der Waals surface area contributed by atoms with Crippen molar-refractivity contribution in [2.45, 2.75) is 12.4 Å². The molecule has 0 unspecified atom stereocenters. The van der Waals surface area contributed by atoms with Crippen LogP contribution in [0, 0.1) is 0 Å². The monoisotopic (exact) mass is 506 g/mol. The molecule has 0 fully saturated rings. The van der Waals surface area contributed by atoms with Crippen molar-refractivity contribution in [3.63, 3.8) is 0 Å². The Hall–Kier alpha value is -4.04. The smallest absolute Gasteiger partial charge is 0.337 e. The number of thioether (sulfide) groups is 1. The zero-order chi connectivity index (χ0) is 25.9. The number of para-hydroxylation sites is 1. The fourth-order valence-electron chi connectivity index (χ4n) is 3.32. The van der Waals surface area contributed by atoms with Crippen LogP contribution in [0.1, 0.15) is 37.4 Å². The molecule has 0 saturated carbocycles. The lowest BCUT2D eigenvalue weighted by atomic mass is 10.1. The normalized spacial score (nSPS) is 10.7. The van der Waals surface area contributed by atoms with E-state index in [1.54, 1.807) is 48.5 Å². The first-order chi connectivity index (χ1) is 17.4. The second-order valence-corrected chi connectivity index (χ2v) is 8.61. The number of esters is 1. The Kier molecular flexibility index (Phi) is 9.71. The number of hydrogen-bond donors (Lipinski definition) is 1. The molecule has 36 heavy (non-hydrogen) atoms. The van der Waals surface area contributed by atoms with Crippen LogP contribution < -0.4 is 9.47 Å². The van der Waals surface area contributed by atoms with E-state index in [0.29, 0.717) is 28.4 Å². The first-order valence-corrected chi connectivity index (χ1v) is 12.1. The van der Waals surface area contributed by atoms with Gasteiger partial charge in [0.15, 0.2) is 5.78 Å². The summed E-state index contributed by atoms with van der Waals surface area (Å²) >= 11 is 1.24. The van der Waals surface area contributed by atoms with E-state index < -0.39 is 11.9 Å². The maximum absolute atomic E-state index is 12.8. The molecule has 3 rings (SSSR count). The Labute approximate surface area is 213 Å². The van der Waals surface area contributed by atoms with Gasteiger partial charge in [-0.15, -0.1) is 11.8 Å². The summed E-state index contributed by atoms with van der Waals surface area (Å²) in [6.07, 6.45) is 3.17. The predicted molar refractivity (Wildman–Crippen MR) is 139 cm³/mol. The molecule has 0 saturated heterocycles. The standard InChI is InChI=1S/C28H26O7S/c1-33-25-14-12-22(15-23(25)17-36-18-27(30)31)24(29)13-11-20-5-3-4-6-26(20)35-16-19-7-9-21(10-8-19)28(32)34-2/h3-15H,16-18H2,1-2H3,(H,30,31)/b13-11+. The van der Waals surface area contributed by atoms with Gasteiger partial charge in [-0.3, -0.25) is 9.59 Å². The Bertz CT molecular complexity index is 1250. The van der Waals surface area contributed by atoms with Crippen LogP contribution in [-0.4, -0.2) is 42.8 Å². The molecule has 3 aromatic carbocycles. The molecule has 186 valence electrons. The lowest BCUT2D eigenvalue weighted by Crippen LogP contribution is -2.02. The van der Waals surface area contributed by atoms with E-state index in [4.69, 9.17) is 19.3 Å². The molecule has 0 aromatic heterocycles. The molecule has 0 spiro atoms. The number of rotatable bonds is 12. The molecular formula is C28H26O7S. The quantitative estimate of drug-likeness (QED) is 0.201. The summed E-state index contributed by atoms with van der Waals surface area (Å²) in [6.45, 7) is 0.288. The molecule has 8 heteroatoms. The van der Waals surface area contributed by atoms with Crippen molar-refractivity contribution in [3.8, 4) is 11.5 Å². The zero-order valence-electron chi connectivity index (χ0n) is 19.9. The highest BCUT2D eigenvalue weighted by atomic mass is 32.2. The number of carbonyl (C=O) groups is 3. The summed E-state index contributed by atoms with van der Waals surface area (Å²) in [5.41, 5.74) is 3.31. The molecular weight excluding hydrogens is 480 g/mol. The second-order valence-electron chi connectivity index (χ2n) is 7.63. The zero-order valence-corrected chi connectivity index (χ0v) is 20.7. The number of carboxylic acid groups (broad SMARTS) is 1. The topological polar surface area (TPSA) is 99.1 Å². The van der Waals surface area contributed by atoms with Crippen LogP contribution in [0.3, 0.4) is 0 Å². The minimum absolute atomic E-state index is 0.0343. The van der Waals surface area contributed by atoms with Gasteiger partial charge in [-0.1, -0.05) is 30.3 Å². The van der Waals surface area contributed by atoms with E-state index in [0.717, 1.165) is 16.7 Å². The van der Waals surface area contributed by atoms with Crippen LogP contribution >= 0.6 is 11.8 Å². The van der Waals surface area contributed by atoms with Crippen LogP contribution in [0.25, 0.3) is 6.08 Å². The van der Waals surface area contributed by atoms with E-state index in [1.165, 1.54) is 32.1 Å². The van der Waals surface area contributed by atoms with E-state index >= 15 is 0 Å². The summed E-state index contributed by atoms with van der Waals surface area (Å²) in [5, 5.41) is 8.86. The van der Waals surface area contributed by atoms with Crippen LogP contribution in [0.5, 0.6) is 11.5 Å². The number of allylic oxidation sites excluding steroid dienone is 1. The number of ketones is 1. The minimum Gasteiger partial charge on any atom is -0.496 e. The van der Waals surface area contributed by atoms with Crippen molar-refractivity contribution in [2.75, 3.05) is 20.0 Å². The van der Waals surface area contributed by atoms with Crippen LogP contribution in [-0.2, 0) is 21.9 Å². The molecule has 3 aromatic rings. The lowest BCUT2D eigenvalue weighted by Gasteiger charge is -2.10. The Balaban J connectivity index is 1.69. The van der Waals surface area contributed by atoms with Gasteiger partial charge < -0.3 is 19.3 Å². The number of hydrogen-bond acceptors (Lipinski definition) is 7. The number of carbonyl (C=O) groups excluding carboxylic acids is 2. The van der Waals surface area contributed by atoms with Gasteiger partial charge in [0.1, 0.15) is 18.1 Å². The predicted octanol–water partition coefficient (Wildman–Crippen LogP) is 5.27. The molecule has 0 aliphatic carbocycles. The summed E-state index contributed by atoms with van der Waals surface area (Å²) in [4.78, 5) is 35.2. The molecule has 0 aliphatic heterocycles. The number of aliphatic carboxylic acids is 1. The average Bonchev–Trinajstić information content (AvgIpc) is 2.90. The molecule has 0 heterocycles. The molecule has 0 amide bonds. The molecule has 1 N–H and O–H groups in total. The van der Waals surface area contributed by atoms with Gasteiger partial charge in [0, 0.05) is 22.4 Å². The maximum Gasteiger partial charge on any atom is 0.337 e. The van der Waals surface area contributed by atoms with Crippen molar-refractivity contribution >= 4 is 35.6 Å². The number of ether oxygens (including phenoxy) is 3. The minimum atomic E-state index is -0.895. The van der Waals surface area contributed by atoms with Crippen molar-refractivity contribution in [1.82, 2.24) is 0 Å². The lowest BCUT2D eigenvalue weighted by molar-refractivity contribution is -0.133. The summed E-state index contributed by atoms with van der Waals surface area (Å²) in [5.74, 6) is 0.102. The van der Waals surface area contributed by atoms with E-state index in [9.17, 15) is 14.4 Å². The third-order valence-electron chi connectivity index (χ3n) is 5.15. The van der Waals surface area contributed by atoms with E-state index in [2.05, 4.69) is 0 Å². The molecule has 0 radical (unpaired) electrons. The summed E-state index contributed by atoms with van der Waals surface area (Å²) in [7, 11) is 2.87. The maximum atomic E-state index is 12.8. The molecule has 0 bridgehead atoms. The fraction of sp³-hybridized carbons (Fsp3) is 0.179. The molecule has 7 nitrogen and oxygen atoms in total. The van der Waals surface area contributed by atoms with E-state index in [-0.39, 0.29) is 18.1 Å². The summed E-state index contributed by atoms with van der Waals surface area (Å²) < 4.78 is 16.0. The fourth-order valence-corrected chi connectivity index (χ4v) is 4.04. The van der Waals surface area contributed by atoms with Crippen molar-refractivity contribution in [2.24, 2.45) is 0 Å². The second kappa shape index (κ2) is 13.2. The van der Waals surface area contributed by atoms with Gasteiger partial charge in [-0.25, -0.2) is 4.79 Å². The first-order valence-electron chi connectivity index (χ1n) is 11.0. The van der Waals surface area contributed by atoms with Gasteiger partial charge in [0.05, 0.1) is 25.5 Å². The van der Waals surface area contributed by atoms with Crippen LogP contribution in [0.15, 0.2) is 72.8 Å². The van der Waals surface area contributed by atoms with E-state index in [1.807, 2.05) is 24.3 Å². The highest BCUT2D eigenvalue weighted by Gasteiger charge is 2.11. The summed E-state index contributed by atoms with van der Waals surface area (Å²) in [6, 6.07) is 19.4. The Morgan fingerprint density at radius 2 is 1.64 bits per heavy atom. The van der Waals surface area contributed by atoms with Gasteiger partial charge >= 0.3 is 11.9 Å². The number of carboxylic acids is 1. The van der Waals surface area contributed by atoms with Crippen molar-refractivity contribution in [1.29, 1.82) is 0 Å². The molecule has 0 aliphatic rings. The highest BCUT2D eigenvalue weighted by Crippen LogP contribution is 2.26. The van der Waals surface area contributed by atoms with Crippen LogP contribution in [0.2, 0.25) is 0 Å². The highest BCUT2D eigenvalue weighted by molar-refractivity contribution is 7.99. The Morgan fingerprint density at radius 3 is 2.33 bits per heavy atom. The van der Waals surface area contributed by atoms with Gasteiger partial charge in [0.2, 0.25) is 0 Å². The van der Waals surface area contributed by atoms with Crippen LogP contribution in [0.4, 0.5) is 0 Å². The third-order valence-corrected chi connectivity index (χ3v) is 6.12. The number of benzene rings is 3. The Morgan fingerprint density at radius 1 is 0.917 bits per heavy atom. The van der Waals surface area contributed by atoms with Gasteiger partial charge in [-0.2, -0.15) is 0 Å². The van der Waals surface area contributed by atoms with Gasteiger partial charge in [-0.05, 0) is 54.1 Å². The average molecular weight is 507 g/mol. The number of methoxy groups -OCH3 is 2. The first kappa shape index (κ1) is 26.6. The van der Waals surface area contributed by atoms with Gasteiger partial charge in [0.25, 0.3) is 0 Å².